The maximum Gasteiger partial charge on any atom is 0.352 e. The first-order valence-corrected chi connectivity index (χ1v) is 10.0. The number of amides is 2. The molecule has 0 radical (unpaired) electrons. The summed E-state index contributed by atoms with van der Waals surface area (Å²) >= 11 is 0. The molecule has 0 aliphatic heterocycles. The van der Waals surface area contributed by atoms with Crippen molar-refractivity contribution in [3.05, 3.63) is 65.5 Å². The third-order valence-electron chi connectivity index (χ3n) is 4.93. The fraction of sp³-hybridized carbons (Fsp3) is 0.130. The van der Waals surface area contributed by atoms with Crippen molar-refractivity contribution in [2.24, 2.45) is 0 Å². The van der Waals surface area contributed by atoms with Gasteiger partial charge in [0.25, 0.3) is 11.8 Å². The Morgan fingerprint density at radius 3 is 2.39 bits per heavy atom. The van der Waals surface area contributed by atoms with Crippen LogP contribution >= 0.6 is 0 Å². The molecule has 0 unspecified atom stereocenters. The second-order valence-electron chi connectivity index (χ2n) is 7.33. The quantitative estimate of drug-likeness (QED) is 0.216. The number of rotatable bonds is 7. The van der Waals surface area contributed by atoms with E-state index in [0.29, 0.717) is 33.4 Å². The van der Waals surface area contributed by atoms with Gasteiger partial charge in [0.15, 0.2) is 0 Å². The number of carbonyl (C=O) groups excluding carboxylic acids is 3. The first-order valence-electron chi connectivity index (χ1n) is 10.0. The number of esters is 1. The summed E-state index contributed by atoms with van der Waals surface area (Å²) in [5, 5.41) is 15.9. The lowest BCUT2D eigenvalue weighted by Gasteiger charge is -2.05. The van der Waals surface area contributed by atoms with Crippen LogP contribution < -0.4 is 10.6 Å². The number of anilines is 1. The van der Waals surface area contributed by atoms with E-state index in [2.05, 4.69) is 20.6 Å². The van der Waals surface area contributed by atoms with Crippen LogP contribution in [0.5, 0.6) is 0 Å². The average Bonchev–Trinajstić information content (AvgIpc) is 3.40. The molecule has 0 aliphatic carbocycles. The molecule has 0 aliphatic rings. The van der Waals surface area contributed by atoms with E-state index in [4.69, 9.17) is 9.84 Å². The highest BCUT2D eigenvalue weighted by Crippen LogP contribution is 2.22. The van der Waals surface area contributed by atoms with Crippen LogP contribution in [0.25, 0.3) is 21.8 Å². The summed E-state index contributed by atoms with van der Waals surface area (Å²) in [4.78, 5) is 52.7. The Morgan fingerprint density at radius 1 is 0.879 bits per heavy atom. The standard InChI is InChI=1S/C23H20N4O6/c1-12(28)33-7-6-24-21(29)14-3-5-17-15(8-14)10-19(26-17)22(30)25-16-4-2-13-9-20(23(31)32)27-18(13)11-16/h2-5,8-11,26-27H,6-7H2,1H3,(H,24,29)(H,25,30)(H,31,32). The Hall–Kier alpha value is -4.60. The molecule has 10 nitrogen and oxygen atoms in total. The molecule has 10 heteroatoms. The Bertz CT molecular complexity index is 1400. The lowest BCUT2D eigenvalue weighted by atomic mass is 10.1. The van der Waals surface area contributed by atoms with Crippen LogP contribution in [0.3, 0.4) is 0 Å². The van der Waals surface area contributed by atoms with E-state index in [1.807, 2.05) is 0 Å². The SMILES string of the molecule is CC(=O)OCCNC(=O)c1ccc2[nH]c(C(=O)Nc3ccc4cc(C(=O)O)[nH]c4c3)cc2c1. The fourth-order valence-electron chi connectivity index (χ4n) is 3.38. The van der Waals surface area contributed by atoms with Crippen LogP contribution in [0.4, 0.5) is 5.69 Å². The van der Waals surface area contributed by atoms with Crippen molar-refractivity contribution >= 4 is 51.2 Å². The van der Waals surface area contributed by atoms with E-state index < -0.39 is 11.9 Å². The Labute approximate surface area is 186 Å². The molecule has 0 bridgehead atoms. The van der Waals surface area contributed by atoms with E-state index in [0.717, 1.165) is 5.39 Å². The van der Waals surface area contributed by atoms with Gasteiger partial charge >= 0.3 is 11.9 Å². The Morgan fingerprint density at radius 2 is 1.64 bits per heavy atom. The lowest BCUT2D eigenvalue weighted by Crippen LogP contribution is -2.27. The maximum atomic E-state index is 12.7. The van der Waals surface area contributed by atoms with Crippen LogP contribution in [0, 0.1) is 0 Å². The van der Waals surface area contributed by atoms with Gasteiger partial charge in [-0.15, -0.1) is 0 Å². The number of aromatic carboxylic acids is 1. The summed E-state index contributed by atoms with van der Waals surface area (Å²) in [6.07, 6.45) is 0. The minimum Gasteiger partial charge on any atom is -0.477 e. The highest BCUT2D eigenvalue weighted by atomic mass is 16.5. The number of hydrogen-bond donors (Lipinski definition) is 5. The van der Waals surface area contributed by atoms with Gasteiger partial charge in [-0.05, 0) is 42.5 Å². The van der Waals surface area contributed by atoms with Crippen molar-refractivity contribution in [3.8, 4) is 0 Å². The van der Waals surface area contributed by atoms with Crippen molar-refractivity contribution in [2.45, 2.75) is 6.92 Å². The van der Waals surface area contributed by atoms with Gasteiger partial charge < -0.3 is 30.4 Å². The van der Waals surface area contributed by atoms with Gasteiger partial charge in [-0.1, -0.05) is 6.07 Å². The van der Waals surface area contributed by atoms with E-state index in [1.165, 1.54) is 13.0 Å². The zero-order chi connectivity index (χ0) is 23.5. The molecule has 2 aromatic heterocycles. The monoisotopic (exact) mass is 448 g/mol. The normalized spacial score (nSPS) is 10.8. The first-order chi connectivity index (χ1) is 15.8. The number of carboxylic acids is 1. The summed E-state index contributed by atoms with van der Waals surface area (Å²) in [5.74, 6) is -2.19. The zero-order valence-corrected chi connectivity index (χ0v) is 17.5. The predicted octanol–water partition coefficient (Wildman–Crippen LogP) is 2.89. The molecule has 33 heavy (non-hydrogen) atoms. The summed E-state index contributed by atoms with van der Waals surface area (Å²) in [6, 6.07) is 13.2. The predicted molar refractivity (Wildman–Crippen MR) is 120 cm³/mol. The maximum absolute atomic E-state index is 12.7. The lowest BCUT2D eigenvalue weighted by molar-refractivity contribution is -0.140. The minimum atomic E-state index is -1.06. The Balaban J connectivity index is 1.46. The second-order valence-corrected chi connectivity index (χ2v) is 7.33. The molecule has 0 atom stereocenters. The van der Waals surface area contributed by atoms with Gasteiger partial charge in [0.1, 0.15) is 18.0 Å². The number of fused-ring (bicyclic) bond motifs is 2. The number of H-pyrrole nitrogens is 2. The van der Waals surface area contributed by atoms with Crippen molar-refractivity contribution in [2.75, 3.05) is 18.5 Å². The summed E-state index contributed by atoms with van der Waals surface area (Å²) in [7, 11) is 0. The van der Waals surface area contributed by atoms with Crippen molar-refractivity contribution in [1.29, 1.82) is 0 Å². The van der Waals surface area contributed by atoms with E-state index in [9.17, 15) is 19.2 Å². The van der Waals surface area contributed by atoms with Gasteiger partial charge in [-0.3, -0.25) is 14.4 Å². The highest BCUT2D eigenvalue weighted by Gasteiger charge is 2.13. The van der Waals surface area contributed by atoms with E-state index in [-0.39, 0.29) is 30.7 Å². The van der Waals surface area contributed by atoms with Crippen LogP contribution in [-0.4, -0.2) is 52.0 Å². The molecule has 5 N–H and O–H groups in total. The summed E-state index contributed by atoms with van der Waals surface area (Å²) < 4.78 is 4.78. The summed E-state index contributed by atoms with van der Waals surface area (Å²) in [5.41, 5.74) is 2.54. The second kappa shape index (κ2) is 8.87. The molecule has 0 spiro atoms. The van der Waals surface area contributed by atoms with Crippen molar-refractivity contribution < 1.29 is 29.0 Å². The van der Waals surface area contributed by atoms with Crippen molar-refractivity contribution in [1.82, 2.24) is 15.3 Å². The van der Waals surface area contributed by atoms with Gasteiger partial charge in [0.05, 0.1) is 6.54 Å². The minimum absolute atomic E-state index is 0.0651. The van der Waals surface area contributed by atoms with Crippen LogP contribution in [-0.2, 0) is 9.53 Å². The fourth-order valence-corrected chi connectivity index (χ4v) is 3.38. The molecule has 2 aromatic carbocycles. The number of benzene rings is 2. The average molecular weight is 448 g/mol. The molecule has 2 amide bonds. The largest absolute Gasteiger partial charge is 0.477 e. The van der Waals surface area contributed by atoms with Gasteiger partial charge in [-0.25, -0.2) is 4.79 Å². The summed E-state index contributed by atoms with van der Waals surface area (Å²) in [6.45, 7) is 1.57. The third kappa shape index (κ3) is 4.85. The number of hydrogen-bond acceptors (Lipinski definition) is 5. The van der Waals surface area contributed by atoms with E-state index >= 15 is 0 Å². The molecule has 0 fully saturated rings. The molecule has 0 saturated heterocycles. The van der Waals surface area contributed by atoms with Gasteiger partial charge in [0, 0.05) is 40.0 Å². The molecule has 4 rings (SSSR count). The molecule has 0 saturated carbocycles. The van der Waals surface area contributed by atoms with Crippen LogP contribution in [0.15, 0.2) is 48.5 Å². The Kier molecular flexibility index (Phi) is 5.81. The number of ether oxygens (including phenoxy) is 1. The highest BCUT2D eigenvalue weighted by molar-refractivity contribution is 6.07. The topological polar surface area (TPSA) is 153 Å². The first kappa shape index (κ1) is 21.6. The molecular formula is C23H20N4O6. The van der Waals surface area contributed by atoms with E-state index in [1.54, 1.807) is 42.5 Å². The molecule has 168 valence electrons. The number of nitrogens with one attached hydrogen (secondary N) is 4. The molecule has 4 aromatic rings. The third-order valence-corrected chi connectivity index (χ3v) is 4.93. The number of aromatic amines is 2. The van der Waals surface area contributed by atoms with Crippen LogP contribution in [0.2, 0.25) is 0 Å². The smallest absolute Gasteiger partial charge is 0.352 e. The molecular weight excluding hydrogens is 428 g/mol. The number of carboxylic acid groups (broad SMARTS) is 1. The van der Waals surface area contributed by atoms with Gasteiger partial charge in [-0.2, -0.15) is 0 Å². The van der Waals surface area contributed by atoms with Crippen molar-refractivity contribution in [3.63, 3.8) is 0 Å². The van der Waals surface area contributed by atoms with Crippen LogP contribution in [0.1, 0.15) is 38.3 Å². The zero-order valence-electron chi connectivity index (χ0n) is 17.5. The number of carbonyl (C=O) groups is 4. The van der Waals surface area contributed by atoms with Gasteiger partial charge in [0.2, 0.25) is 0 Å². The molecule has 2 heterocycles. The number of aromatic nitrogens is 2.